The van der Waals surface area contributed by atoms with Gasteiger partial charge in [-0.05, 0) is 30.0 Å². The molecule has 0 saturated heterocycles. The van der Waals surface area contributed by atoms with E-state index in [9.17, 15) is 8.78 Å². The summed E-state index contributed by atoms with van der Waals surface area (Å²) in [6, 6.07) is 7.59. The third-order valence-electron chi connectivity index (χ3n) is 5.30. The quantitative estimate of drug-likeness (QED) is 0.500. The highest BCUT2D eigenvalue weighted by Gasteiger charge is 2.43. The van der Waals surface area contributed by atoms with E-state index in [0.717, 1.165) is 18.2 Å². The summed E-state index contributed by atoms with van der Waals surface area (Å²) in [4.78, 5) is 13.0. The van der Waals surface area contributed by atoms with Crippen LogP contribution in [0.4, 0.5) is 8.78 Å². The summed E-state index contributed by atoms with van der Waals surface area (Å²) in [5.41, 5.74) is 3.25. The lowest BCUT2D eigenvalue weighted by molar-refractivity contribution is 0.353. The summed E-state index contributed by atoms with van der Waals surface area (Å²) in [7, 11) is 2.99. The summed E-state index contributed by atoms with van der Waals surface area (Å²) >= 11 is 0. The minimum atomic E-state index is -0.583. The number of benzene rings is 1. The van der Waals surface area contributed by atoms with Gasteiger partial charge in [0.25, 0.3) is 0 Å². The van der Waals surface area contributed by atoms with Gasteiger partial charge in [0.15, 0.2) is 5.65 Å². The predicted octanol–water partition coefficient (Wildman–Crippen LogP) is 3.75. The van der Waals surface area contributed by atoms with Crippen molar-refractivity contribution in [2.45, 2.75) is 18.3 Å². The number of ether oxygens (including phenoxy) is 2. The third kappa shape index (κ3) is 3.02. The molecule has 5 rings (SSSR count). The average Bonchev–Trinajstić information content (AvgIpc) is 3.39. The molecule has 1 aromatic carbocycles. The third-order valence-corrected chi connectivity index (χ3v) is 5.30. The summed E-state index contributed by atoms with van der Waals surface area (Å²) < 4.78 is 39.8. The Balaban J connectivity index is 1.58. The number of rotatable bonds is 5. The monoisotopic (exact) mass is 409 g/mol. The van der Waals surface area contributed by atoms with E-state index in [4.69, 9.17) is 9.47 Å². The molecule has 3 aromatic heterocycles. The highest BCUT2D eigenvalue weighted by molar-refractivity contribution is 5.67. The number of aromatic nitrogens is 5. The van der Waals surface area contributed by atoms with E-state index in [1.165, 1.54) is 26.4 Å². The fourth-order valence-corrected chi connectivity index (χ4v) is 3.79. The molecular weight excluding hydrogens is 392 g/mol. The first-order chi connectivity index (χ1) is 14.6. The Labute approximate surface area is 170 Å². The van der Waals surface area contributed by atoms with Gasteiger partial charge in [0.2, 0.25) is 5.88 Å². The number of fused-ring (bicyclic) bond motifs is 1. The molecule has 1 fully saturated rings. The molecule has 7 nitrogen and oxygen atoms in total. The molecule has 30 heavy (non-hydrogen) atoms. The molecular formula is C21H17F2N5O2. The molecule has 1 unspecified atom stereocenters. The standard InChI is InChI=1S/C21H17F2N5O2/c1-29-20-15(10-24-21(27-20)30-2)17-9-18(28-19(26-17)5-6-25-28)14-8-13(14)12-4-3-11(22)7-16(12)23/h3-7,9-10,13-14H,8H2,1-2H3/t13-,14?/m0/s1. The highest BCUT2D eigenvalue weighted by Crippen LogP contribution is 2.55. The van der Waals surface area contributed by atoms with Gasteiger partial charge in [-0.1, -0.05) is 6.07 Å². The van der Waals surface area contributed by atoms with Crippen molar-refractivity contribution in [1.82, 2.24) is 24.6 Å². The van der Waals surface area contributed by atoms with E-state index in [-0.39, 0.29) is 17.8 Å². The van der Waals surface area contributed by atoms with E-state index in [0.29, 0.717) is 28.3 Å². The van der Waals surface area contributed by atoms with Gasteiger partial charge in [0, 0.05) is 24.2 Å². The highest BCUT2D eigenvalue weighted by atomic mass is 19.1. The molecule has 4 aromatic rings. The van der Waals surface area contributed by atoms with Gasteiger partial charge < -0.3 is 9.47 Å². The molecule has 0 radical (unpaired) electrons. The van der Waals surface area contributed by atoms with Gasteiger partial charge in [-0.25, -0.2) is 23.3 Å². The number of hydrogen-bond acceptors (Lipinski definition) is 6. The van der Waals surface area contributed by atoms with Crippen LogP contribution in [0, 0.1) is 11.6 Å². The van der Waals surface area contributed by atoms with E-state index in [1.54, 1.807) is 23.0 Å². The lowest BCUT2D eigenvalue weighted by Crippen LogP contribution is -2.04. The first-order valence-electron chi connectivity index (χ1n) is 9.34. The van der Waals surface area contributed by atoms with Gasteiger partial charge >= 0.3 is 6.01 Å². The van der Waals surface area contributed by atoms with Crippen LogP contribution in [0.2, 0.25) is 0 Å². The Hall–Kier alpha value is -3.62. The van der Waals surface area contributed by atoms with E-state index in [2.05, 4.69) is 20.1 Å². The van der Waals surface area contributed by atoms with Crippen molar-refractivity contribution in [3.8, 4) is 23.1 Å². The van der Waals surface area contributed by atoms with Gasteiger partial charge in [0.05, 0.1) is 37.4 Å². The van der Waals surface area contributed by atoms with Gasteiger partial charge in [-0.15, -0.1) is 0 Å². The maximum absolute atomic E-state index is 14.3. The Morgan fingerprint density at radius 1 is 1.03 bits per heavy atom. The fourth-order valence-electron chi connectivity index (χ4n) is 3.79. The molecule has 9 heteroatoms. The van der Waals surface area contributed by atoms with Crippen LogP contribution in [-0.4, -0.2) is 38.8 Å². The molecule has 0 bridgehead atoms. The molecule has 152 valence electrons. The van der Waals surface area contributed by atoms with Crippen molar-refractivity contribution in [1.29, 1.82) is 0 Å². The lowest BCUT2D eigenvalue weighted by Gasteiger charge is -2.11. The molecule has 0 amide bonds. The number of methoxy groups -OCH3 is 2. The Kier molecular flexibility index (Phi) is 4.30. The molecule has 3 heterocycles. The van der Waals surface area contributed by atoms with Crippen LogP contribution in [0.5, 0.6) is 11.9 Å². The fraction of sp³-hybridized carbons (Fsp3) is 0.238. The smallest absolute Gasteiger partial charge is 0.319 e. The van der Waals surface area contributed by atoms with Crippen molar-refractivity contribution < 1.29 is 18.3 Å². The maximum atomic E-state index is 14.3. The summed E-state index contributed by atoms with van der Waals surface area (Å²) in [6.07, 6.45) is 3.98. The normalized spacial score (nSPS) is 17.9. The topological polar surface area (TPSA) is 74.4 Å². The van der Waals surface area contributed by atoms with E-state index in [1.807, 2.05) is 6.07 Å². The number of nitrogens with zero attached hydrogens (tertiary/aromatic N) is 5. The van der Waals surface area contributed by atoms with Crippen molar-refractivity contribution in [2.75, 3.05) is 14.2 Å². The minimum absolute atomic E-state index is 0.0271. The van der Waals surface area contributed by atoms with Crippen LogP contribution in [0.15, 0.2) is 42.7 Å². The lowest BCUT2D eigenvalue weighted by atomic mass is 10.1. The number of hydrogen-bond donors (Lipinski definition) is 0. The van der Waals surface area contributed by atoms with Crippen molar-refractivity contribution >= 4 is 5.65 Å². The molecule has 0 N–H and O–H groups in total. The molecule has 1 aliphatic carbocycles. The zero-order valence-corrected chi connectivity index (χ0v) is 16.2. The van der Waals surface area contributed by atoms with Crippen molar-refractivity contribution in [3.63, 3.8) is 0 Å². The van der Waals surface area contributed by atoms with Gasteiger partial charge in [0.1, 0.15) is 11.6 Å². The SMILES string of the molecule is COc1ncc(-c2cc(C3C[C@H]3c3ccc(F)cc3F)n3nccc3n2)c(OC)n1. The number of halogens is 2. The van der Waals surface area contributed by atoms with Crippen LogP contribution >= 0.6 is 0 Å². The Morgan fingerprint density at radius 2 is 1.90 bits per heavy atom. The molecule has 0 aliphatic heterocycles. The van der Waals surface area contributed by atoms with E-state index < -0.39 is 11.6 Å². The second kappa shape index (κ2) is 7.01. The zero-order chi connectivity index (χ0) is 20.8. The van der Waals surface area contributed by atoms with Crippen LogP contribution < -0.4 is 9.47 Å². The largest absolute Gasteiger partial charge is 0.480 e. The first-order valence-corrected chi connectivity index (χ1v) is 9.34. The van der Waals surface area contributed by atoms with E-state index >= 15 is 0 Å². The second-order valence-corrected chi connectivity index (χ2v) is 7.06. The van der Waals surface area contributed by atoms with Gasteiger partial charge in [-0.2, -0.15) is 10.1 Å². The zero-order valence-electron chi connectivity index (χ0n) is 16.2. The molecule has 1 aliphatic rings. The molecule has 0 spiro atoms. The molecule has 2 atom stereocenters. The van der Waals surface area contributed by atoms with Crippen molar-refractivity contribution in [3.05, 3.63) is 65.6 Å². The summed E-state index contributed by atoms with van der Waals surface area (Å²) in [5.74, 6) is -0.804. The minimum Gasteiger partial charge on any atom is -0.480 e. The maximum Gasteiger partial charge on any atom is 0.319 e. The summed E-state index contributed by atoms with van der Waals surface area (Å²) in [6.45, 7) is 0. The van der Waals surface area contributed by atoms with Crippen LogP contribution in [0.1, 0.15) is 29.5 Å². The van der Waals surface area contributed by atoms with Crippen LogP contribution in [0.3, 0.4) is 0 Å². The Bertz CT molecular complexity index is 1260. The van der Waals surface area contributed by atoms with Gasteiger partial charge in [-0.3, -0.25) is 0 Å². The predicted molar refractivity (Wildman–Crippen MR) is 104 cm³/mol. The molecule has 1 saturated carbocycles. The van der Waals surface area contributed by atoms with Crippen LogP contribution in [0.25, 0.3) is 16.9 Å². The van der Waals surface area contributed by atoms with Crippen molar-refractivity contribution in [2.24, 2.45) is 0 Å². The van der Waals surface area contributed by atoms with Crippen LogP contribution in [-0.2, 0) is 0 Å². The summed E-state index contributed by atoms with van der Waals surface area (Å²) in [5, 5.41) is 4.37. The Morgan fingerprint density at radius 3 is 2.67 bits per heavy atom. The average molecular weight is 409 g/mol. The second-order valence-electron chi connectivity index (χ2n) is 7.06. The first kappa shape index (κ1) is 18.4.